The van der Waals surface area contributed by atoms with Crippen molar-refractivity contribution < 1.29 is 0 Å². The highest BCUT2D eigenvalue weighted by Crippen LogP contribution is 2.30. The van der Waals surface area contributed by atoms with Crippen LogP contribution in [0.15, 0.2) is 41.1 Å². The Labute approximate surface area is 146 Å². The molecule has 1 aliphatic heterocycles. The third-order valence-electron chi connectivity index (χ3n) is 4.79. The molecule has 4 rings (SSSR count). The highest BCUT2D eigenvalue weighted by atomic mass is 32.1. The van der Waals surface area contributed by atoms with Gasteiger partial charge in [-0.05, 0) is 50.5 Å². The van der Waals surface area contributed by atoms with Crippen LogP contribution in [0.5, 0.6) is 0 Å². The molecule has 4 nitrogen and oxygen atoms in total. The summed E-state index contributed by atoms with van der Waals surface area (Å²) in [4.78, 5) is 14.5. The van der Waals surface area contributed by atoms with Gasteiger partial charge in [0, 0.05) is 35.5 Å². The van der Waals surface area contributed by atoms with Crippen molar-refractivity contribution in [3.05, 3.63) is 41.1 Å². The number of likely N-dealkylation sites (N-methyl/N-ethyl adjacent to an activating group) is 1. The topological polar surface area (TPSA) is 32.3 Å². The van der Waals surface area contributed by atoms with Crippen molar-refractivity contribution in [2.45, 2.75) is 18.9 Å². The van der Waals surface area contributed by atoms with Gasteiger partial charge in [0.25, 0.3) is 0 Å². The minimum absolute atomic E-state index is 0.581. The molecule has 24 heavy (non-hydrogen) atoms. The Morgan fingerprint density at radius 1 is 1.17 bits per heavy atom. The third-order valence-corrected chi connectivity index (χ3v) is 5.47. The van der Waals surface area contributed by atoms with E-state index in [4.69, 9.17) is 9.97 Å². The van der Waals surface area contributed by atoms with Gasteiger partial charge in [-0.3, -0.25) is 0 Å². The Morgan fingerprint density at radius 3 is 2.83 bits per heavy atom. The lowest BCUT2D eigenvalue weighted by Crippen LogP contribution is -2.45. The van der Waals surface area contributed by atoms with E-state index in [9.17, 15) is 0 Å². The van der Waals surface area contributed by atoms with Crippen molar-refractivity contribution in [3.63, 3.8) is 0 Å². The molecule has 0 N–H and O–H groups in total. The summed E-state index contributed by atoms with van der Waals surface area (Å²) >= 11 is 1.69. The molecule has 0 spiro atoms. The molecule has 0 saturated carbocycles. The van der Waals surface area contributed by atoms with Crippen LogP contribution in [-0.2, 0) is 0 Å². The molecule has 0 bridgehead atoms. The fraction of sp³-hybridized carbons (Fsp3) is 0.368. The second-order valence-corrected chi connectivity index (χ2v) is 7.39. The minimum Gasteiger partial charge on any atom is -0.354 e. The predicted molar refractivity (Wildman–Crippen MR) is 102 cm³/mol. The molecular formula is C19H22N4S. The average Bonchev–Trinajstić information content (AvgIpc) is 3.15. The largest absolute Gasteiger partial charge is 0.354 e. The SMILES string of the molecule is CN(C)C1CCCN(c2nc(-c3ccsc3)nc3ccccc23)C1. The van der Waals surface area contributed by atoms with Gasteiger partial charge >= 0.3 is 0 Å². The number of aromatic nitrogens is 2. The summed E-state index contributed by atoms with van der Waals surface area (Å²) in [5, 5.41) is 5.35. The van der Waals surface area contributed by atoms with Gasteiger partial charge in [0.2, 0.25) is 0 Å². The number of hydrogen-bond donors (Lipinski definition) is 0. The van der Waals surface area contributed by atoms with Gasteiger partial charge < -0.3 is 9.80 Å². The maximum atomic E-state index is 4.96. The molecule has 0 radical (unpaired) electrons. The lowest BCUT2D eigenvalue weighted by Gasteiger charge is -2.37. The standard InChI is InChI=1S/C19H22N4S/c1-22(2)15-6-5-10-23(12-15)19-16-7-3-4-8-17(16)20-18(21-19)14-9-11-24-13-14/h3-4,7-9,11,13,15H,5-6,10,12H2,1-2H3. The summed E-state index contributed by atoms with van der Waals surface area (Å²) in [6.45, 7) is 2.09. The lowest BCUT2D eigenvalue weighted by atomic mass is 10.0. The predicted octanol–water partition coefficient (Wildman–Crippen LogP) is 3.89. The number of benzene rings is 1. The van der Waals surface area contributed by atoms with E-state index in [1.165, 1.54) is 12.8 Å². The van der Waals surface area contributed by atoms with E-state index in [1.54, 1.807) is 11.3 Å². The lowest BCUT2D eigenvalue weighted by molar-refractivity contribution is 0.257. The first-order valence-corrected chi connectivity index (χ1v) is 9.37. The summed E-state index contributed by atoms with van der Waals surface area (Å²) in [5.74, 6) is 1.91. The van der Waals surface area contributed by atoms with E-state index in [0.717, 1.165) is 41.2 Å². The molecule has 3 heterocycles. The Morgan fingerprint density at radius 2 is 2.04 bits per heavy atom. The maximum absolute atomic E-state index is 4.96. The third kappa shape index (κ3) is 2.89. The number of fused-ring (bicyclic) bond motifs is 1. The van der Waals surface area contributed by atoms with Gasteiger partial charge in [0.05, 0.1) is 5.52 Å². The first-order valence-electron chi connectivity index (χ1n) is 8.43. The highest BCUT2D eigenvalue weighted by molar-refractivity contribution is 7.08. The number of rotatable bonds is 3. The van der Waals surface area contributed by atoms with Crippen LogP contribution in [-0.4, -0.2) is 48.1 Å². The Bertz CT molecular complexity index is 829. The van der Waals surface area contributed by atoms with Crippen molar-refractivity contribution in [2.75, 3.05) is 32.1 Å². The van der Waals surface area contributed by atoms with Crippen LogP contribution in [0.4, 0.5) is 5.82 Å². The first kappa shape index (κ1) is 15.5. The Kier molecular flexibility index (Phi) is 4.21. The molecule has 1 fully saturated rings. The molecule has 1 atom stereocenters. The number of piperidine rings is 1. The Hall–Kier alpha value is -1.98. The molecule has 5 heteroatoms. The average molecular weight is 338 g/mol. The number of hydrogen-bond acceptors (Lipinski definition) is 5. The second-order valence-electron chi connectivity index (χ2n) is 6.61. The molecule has 3 aromatic rings. The van der Waals surface area contributed by atoms with E-state index in [-0.39, 0.29) is 0 Å². The van der Waals surface area contributed by atoms with Crippen molar-refractivity contribution >= 4 is 28.1 Å². The zero-order chi connectivity index (χ0) is 16.5. The zero-order valence-corrected chi connectivity index (χ0v) is 15.0. The Balaban J connectivity index is 1.81. The van der Waals surface area contributed by atoms with Gasteiger partial charge in [-0.1, -0.05) is 12.1 Å². The minimum atomic E-state index is 0.581. The molecule has 124 valence electrons. The van der Waals surface area contributed by atoms with Crippen LogP contribution in [0.1, 0.15) is 12.8 Å². The zero-order valence-electron chi connectivity index (χ0n) is 14.1. The van der Waals surface area contributed by atoms with Gasteiger partial charge in [-0.15, -0.1) is 0 Å². The second kappa shape index (κ2) is 6.49. The van der Waals surface area contributed by atoms with Crippen LogP contribution in [0.25, 0.3) is 22.3 Å². The number of thiophene rings is 1. The molecule has 1 unspecified atom stereocenters. The van der Waals surface area contributed by atoms with E-state index in [0.29, 0.717) is 6.04 Å². The van der Waals surface area contributed by atoms with Crippen molar-refractivity contribution in [3.8, 4) is 11.4 Å². The van der Waals surface area contributed by atoms with Gasteiger partial charge in [-0.2, -0.15) is 11.3 Å². The normalized spacial score (nSPS) is 18.5. The van der Waals surface area contributed by atoms with Crippen molar-refractivity contribution in [1.82, 2.24) is 14.9 Å². The van der Waals surface area contributed by atoms with Gasteiger partial charge in [0.15, 0.2) is 5.82 Å². The van der Waals surface area contributed by atoms with Crippen LogP contribution in [0.2, 0.25) is 0 Å². The summed E-state index contributed by atoms with van der Waals surface area (Å²) in [7, 11) is 4.34. The number of para-hydroxylation sites is 1. The van der Waals surface area contributed by atoms with Gasteiger partial charge in [-0.25, -0.2) is 9.97 Å². The molecule has 0 amide bonds. The van der Waals surface area contributed by atoms with E-state index in [1.807, 2.05) is 0 Å². The van der Waals surface area contributed by atoms with Crippen LogP contribution in [0.3, 0.4) is 0 Å². The quantitative estimate of drug-likeness (QED) is 0.725. The molecule has 1 saturated heterocycles. The summed E-state index contributed by atoms with van der Waals surface area (Å²) in [6.07, 6.45) is 2.46. The van der Waals surface area contributed by atoms with Crippen LogP contribution in [0, 0.1) is 0 Å². The highest BCUT2D eigenvalue weighted by Gasteiger charge is 2.24. The first-order chi connectivity index (χ1) is 11.7. The molecule has 1 aromatic carbocycles. The number of anilines is 1. The maximum Gasteiger partial charge on any atom is 0.162 e. The van der Waals surface area contributed by atoms with E-state index in [2.05, 4.69) is 65.0 Å². The van der Waals surface area contributed by atoms with E-state index < -0.39 is 0 Å². The molecule has 2 aromatic heterocycles. The molecular weight excluding hydrogens is 316 g/mol. The summed E-state index contributed by atoms with van der Waals surface area (Å²) < 4.78 is 0. The molecule has 1 aliphatic rings. The van der Waals surface area contributed by atoms with Crippen LogP contribution >= 0.6 is 11.3 Å². The molecule has 0 aliphatic carbocycles. The fourth-order valence-corrected chi connectivity index (χ4v) is 4.02. The monoisotopic (exact) mass is 338 g/mol. The van der Waals surface area contributed by atoms with Crippen molar-refractivity contribution in [2.24, 2.45) is 0 Å². The summed E-state index contributed by atoms with van der Waals surface area (Å²) in [6, 6.07) is 11.0. The smallest absolute Gasteiger partial charge is 0.162 e. The summed E-state index contributed by atoms with van der Waals surface area (Å²) in [5.41, 5.74) is 2.13. The van der Waals surface area contributed by atoms with Gasteiger partial charge in [0.1, 0.15) is 5.82 Å². The fourth-order valence-electron chi connectivity index (χ4n) is 3.39. The van der Waals surface area contributed by atoms with Crippen LogP contribution < -0.4 is 4.90 Å². The van der Waals surface area contributed by atoms with E-state index >= 15 is 0 Å². The van der Waals surface area contributed by atoms with Crippen molar-refractivity contribution in [1.29, 1.82) is 0 Å². The number of nitrogens with zero attached hydrogens (tertiary/aromatic N) is 4.